The van der Waals surface area contributed by atoms with E-state index in [9.17, 15) is 8.42 Å². The Morgan fingerprint density at radius 3 is 2.00 bits per heavy atom. The maximum absolute atomic E-state index is 9.72. The predicted octanol–water partition coefficient (Wildman–Crippen LogP) is -0.856. The summed E-state index contributed by atoms with van der Waals surface area (Å²) in [5.74, 6) is -0.368. The molecule has 0 bridgehead atoms. The fourth-order valence-corrected chi connectivity index (χ4v) is 0.447. The van der Waals surface area contributed by atoms with E-state index in [0.29, 0.717) is 0 Å². The van der Waals surface area contributed by atoms with Crippen LogP contribution in [0.5, 0.6) is 0 Å². The molecular weight excluding hydrogens is 323 g/mol. The van der Waals surface area contributed by atoms with E-state index in [1.807, 2.05) is 0 Å². The summed E-state index contributed by atoms with van der Waals surface area (Å²) in [5, 5.41) is 0. The van der Waals surface area contributed by atoms with Crippen molar-refractivity contribution in [2.45, 2.75) is 0 Å². The zero-order valence-corrected chi connectivity index (χ0v) is 10.7. The van der Waals surface area contributed by atoms with Crippen molar-refractivity contribution in [2.75, 3.05) is 5.75 Å². The first-order valence-corrected chi connectivity index (χ1v) is 3.23. The average molecular weight is 331 g/mol. The van der Waals surface area contributed by atoms with E-state index >= 15 is 0 Å². The van der Waals surface area contributed by atoms with Gasteiger partial charge >= 0.3 is 27.3 Å². The number of hydrogen-bond donors (Lipinski definition) is 1. The van der Waals surface area contributed by atoms with Crippen LogP contribution in [0.2, 0.25) is 0 Å². The van der Waals surface area contributed by atoms with Gasteiger partial charge in [-0.1, -0.05) is 6.08 Å². The van der Waals surface area contributed by atoms with Gasteiger partial charge in [0.15, 0.2) is 0 Å². The van der Waals surface area contributed by atoms with Crippen LogP contribution < -0.4 is 0 Å². The van der Waals surface area contributed by atoms with Gasteiger partial charge in [0, 0.05) is 0 Å². The van der Waals surface area contributed by atoms with Gasteiger partial charge in [0.1, 0.15) is 0 Å². The standard InChI is InChI=1S/C3H6O3S.Pb.2H/c1-2-3-7(4,5)6;;;/h2H,1,3H2,(H,4,5,6);;;. The molecule has 0 saturated carbocycles. The van der Waals surface area contributed by atoms with Gasteiger partial charge in [0.25, 0.3) is 10.1 Å². The Labute approximate surface area is 68.7 Å². The van der Waals surface area contributed by atoms with E-state index < -0.39 is 10.1 Å². The molecule has 0 aliphatic heterocycles. The van der Waals surface area contributed by atoms with Crippen LogP contribution in [-0.4, -0.2) is 46.0 Å². The van der Waals surface area contributed by atoms with E-state index in [4.69, 9.17) is 4.55 Å². The first-order chi connectivity index (χ1) is 3.06. The first-order valence-electron chi connectivity index (χ1n) is 1.62. The third kappa shape index (κ3) is 9.76. The summed E-state index contributed by atoms with van der Waals surface area (Å²) in [5.41, 5.74) is 0. The van der Waals surface area contributed by atoms with Crippen molar-refractivity contribution in [3.8, 4) is 0 Å². The van der Waals surface area contributed by atoms with Crippen LogP contribution in [0.4, 0.5) is 0 Å². The fraction of sp³-hybridized carbons (Fsp3) is 0.333. The van der Waals surface area contributed by atoms with Crippen molar-refractivity contribution in [2.24, 2.45) is 0 Å². The van der Waals surface area contributed by atoms with E-state index in [0.717, 1.165) is 6.08 Å². The Hall–Kier alpha value is 0.572. The molecule has 0 heterocycles. The Bertz CT molecular complexity index is 148. The molecule has 0 aromatic rings. The van der Waals surface area contributed by atoms with Crippen LogP contribution in [0.25, 0.3) is 0 Å². The summed E-state index contributed by atoms with van der Waals surface area (Å²) in [6.45, 7) is 3.11. The van der Waals surface area contributed by atoms with Gasteiger partial charge in [-0.15, -0.1) is 6.58 Å². The van der Waals surface area contributed by atoms with Crippen molar-refractivity contribution < 1.29 is 13.0 Å². The molecular formula is C3H8O3PbS. The van der Waals surface area contributed by atoms with Gasteiger partial charge in [-0.05, 0) is 0 Å². The van der Waals surface area contributed by atoms with E-state index in [1.54, 1.807) is 0 Å². The molecule has 0 aliphatic carbocycles. The van der Waals surface area contributed by atoms with Crippen molar-refractivity contribution in [1.29, 1.82) is 0 Å². The molecule has 3 nitrogen and oxygen atoms in total. The Morgan fingerprint density at radius 1 is 1.62 bits per heavy atom. The molecule has 0 aromatic carbocycles. The molecule has 0 saturated heterocycles. The Kier molecular flexibility index (Phi) is 6.33. The fourth-order valence-electron chi connectivity index (χ4n) is 0.149. The molecule has 1 N–H and O–H groups in total. The molecule has 0 aliphatic rings. The van der Waals surface area contributed by atoms with Crippen molar-refractivity contribution in [3.05, 3.63) is 12.7 Å². The van der Waals surface area contributed by atoms with Gasteiger partial charge in [-0.2, -0.15) is 8.42 Å². The second-order valence-electron chi connectivity index (χ2n) is 1.04. The van der Waals surface area contributed by atoms with Gasteiger partial charge in [0.05, 0.1) is 5.75 Å². The Balaban J connectivity index is 0. The molecule has 48 valence electrons. The summed E-state index contributed by atoms with van der Waals surface area (Å²) in [6, 6.07) is 0. The monoisotopic (exact) mass is 332 g/mol. The third-order valence-corrected chi connectivity index (χ3v) is 0.985. The normalized spacial score (nSPS) is 9.62. The van der Waals surface area contributed by atoms with Crippen LogP contribution >= 0.6 is 0 Å². The average Bonchev–Trinajstić information content (AvgIpc) is 1.30. The summed E-state index contributed by atoms with van der Waals surface area (Å²) in [4.78, 5) is 0. The van der Waals surface area contributed by atoms with Crippen LogP contribution in [0.1, 0.15) is 0 Å². The van der Waals surface area contributed by atoms with Crippen LogP contribution in [0, 0.1) is 0 Å². The molecule has 0 amide bonds. The summed E-state index contributed by atoms with van der Waals surface area (Å²) in [6.07, 6.45) is 1.12. The molecule has 0 fully saturated rings. The van der Waals surface area contributed by atoms with Gasteiger partial charge in [-0.25, -0.2) is 0 Å². The third-order valence-electron chi connectivity index (χ3n) is 0.328. The van der Waals surface area contributed by atoms with Crippen LogP contribution in [0.15, 0.2) is 12.7 Å². The van der Waals surface area contributed by atoms with Crippen molar-refractivity contribution >= 4 is 37.4 Å². The van der Waals surface area contributed by atoms with Gasteiger partial charge in [-0.3, -0.25) is 4.55 Å². The molecule has 8 heavy (non-hydrogen) atoms. The van der Waals surface area contributed by atoms with E-state index in [1.165, 1.54) is 0 Å². The topological polar surface area (TPSA) is 54.4 Å². The molecule has 0 spiro atoms. The Morgan fingerprint density at radius 2 is 2.00 bits per heavy atom. The van der Waals surface area contributed by atoms with Gasteiger partial charge in [0.2, 0.25) is 0 Å². The number of rotatable bonds is 2. The molecule has 0 aromatic heterocycles. The molecule has 0 unspecified atom stereocenters. The second-order valence-corrected chi connectivity index (χ2v) is 2.53. The SMILES string of the molecule is C=CCS(=O)(=O)O.[PbH2]. The summed E-state index contributed by atoms with van der Waals surface area (Å²) >= 11 is 0. The molecule has 0 atom stereocenters. The minimum atomic E-state index is -3.79. The van der Waals surface area contributed by atoms with Crippen LogP contribution in [-0.2, 0) is 10.1 Å². The van der Waals surface area contributed by atoms with Crippen LogP contribution in [0.3, 0.4) is 0 Å². The summed E-state index contributed by atoms with van der Waals surface area (Å²) in [7, 11) is -3.79. The van der Waals surface area contributed by atoms with Crippen molar-refractivity contribution in [3.63, 3.8) is 0 Å². The number of hydrogen-bond acceptors (Lipinski definition) is 2. The molecule has 5 heteroatoms. The zero-order valence-electron chi connectivity index (χ0n) is 4.37. The minimum absolute atomic E-state index is 0. The second kappa shape index (κ2) is 4.45. The maximum atomic E-state index is 9.72. The molecule has 0 rings (SSSR count). The zero-order chi connectivity index (χ0) is 5.91. The quantitative estimate of drug-likeness (QED) is 0.407. The molecule has 2 radical (unpaired) electrons. The van der Waals surface area contributed by atoms with Gasteiger partial charge < -0.3 is 0 Å². The first kappa shape index (κ1) is 11.4. The van der Waals surface area contributed by atoms with E-state index in [-0.39, 0.29) is 33.1 Å². The summed E-state index contributed by atoms with van der Waals surface area (Å²) < 4.78 is 27.3. The van der Waals surface area contributed by atoms with Crippen molar-refractivity contribution in [1.82, 2.24) is 0 Å². The van der Waals surface area contributed by atoms with E-state index in [2.05, 4.69) is 6.58 Å². The predicted molar refractivity (Wildman–Crippen MR) is 35.2 cm³/mol.